The van der Waals surface area contributed by atoms with Gasteiger partial charge in [-0.05, 0) is 30.9 Å². The molecule has 3 heteroatoms. The van der Waals surface area contributed by atoms with Gasteiger partial charge >= 0.3 is 0 Å². The SMILES string of the molecule is Cc1cccc(CNCCC(=O)NCCCc2ccccc2)c1. The fourth-order valence-corrected chi connectivity index (χ4v) is 2.51. The van der Waals surface area contributed by atoms with Crippen molar-refractivity contribution in [2.45, 2.75) is 32.7 Å². The summed E-state index contributed by atoms with van der Waals surface area (Å²) in [6, 6.07) is 18.8. The van der Waals surface area contributed by atoms with Crippen molar-refractivity contribution in [2.24, 2.45) is 0 Å². The van der Waals surface area contributed by atoms with E-state index in [1.807, 2.05) is 18.2 Å². The second kappa shape index (κ2) is 9.80. The molecule has 0 radical (unpaired) electrons. The molecule has 0 aliphatic rings. The van der Waals surface area contributed by atoms with Gasteiger partial charge in [-0.1, -0.05) is 60.2 Å². The molecule has 0 atom stereocenters. The first kappa shape index (κ1) is 17.2. The molecule has 0 fully saturated rings. The van der Waals surface area contributed by atoms with Crippen LogP contribution in [0.1, 0.15) is 29.5 Å². The standard InChI is InChI=1S/C20H26N2O/c1-17-7-5-10-19(15-17)16-21-14-12-20(23)22-13-6-11-18-8-3-2-4-9-18/h2-5,7-10,15,21H,6,11-14,16H2,1H3,(H,22,23). The fraction of sp³-hybridized carbons (Fsp3) is 0.350. The maximum absolute atomic E-state index is 11.8. The van der Waals surface area contributed by atoms with Gasteiger partial charge in [-0.25, -0.2) is 0 Å². The Morgan fingerprint density at radius 2 is 1.74 bits per heavy atom. The van der Waals surface area contributed by atoms with Crippen molar-refractivity contribution in [1.82, 2.24) is 10.6 Å². The Hall–Kier alpha value is -2.13. The van der Waals surface area contributed by atoms with Crippen LogP contribution in [0.3, 0.4) is 0 Å². The van der Waals surface area contributed by atoms with Crippen molar-refractivity contribution < 1.29 is 4.79 Å². The van der Waals surface area contributed by atoms with Crippen LogP contribution in [-0.4, -0.2) is 19.0 Å². The summed E-state index contributed by atoms with van der Waals surface area (Å²) >= 11 is 0. The molecule has 122 valence electrons. The molecule has 2 aromatic rings. The summed E-state index contributed by atoms with van der Waals surface area (Å²) in [4.78, 5) is 11.8. The molecule has 0 aliphatic carbocycles. The highest BCUT2D eigenvalue weighted by Gasteiger charge is 2.01. The van der Waals surface area contributed by atoms with Crippen LogP contribution in [0.4, 0.5) is 0 Å². The average Bonchev–Trinajstić information content (AvgIpc) is 2.57. The second-order valence-corrected chi connectivity index (χ2v) is 5.85. The third-order valence-electron chi connectivity index (χ3n) is 3.75. The zero-order valence-corrected chi connectivity index (χ0v) is 13.8. The van der Waals surface area contributed by atoms with Crippen LogP contribution in [-0.2, 0) is 17.8 Å². The minimum Gasteiger partial charge on any atom is -0.356 e. The lowest BCUT2D eigenvalue weighted by molar-refractivity contribution is -0.121. The summed E-state index contributed by atoms with van der Waals surface area (Å²) in [5, 5.41) is 6.30. The van der Waals surface area contributed by atoms with Gasteiger partial charge in [-0.15, -0.1) is 0 Å². The molecule has 0 heterocycles. The third-order valence-corrected chi connectivity index (χ3v) is 3.75. The highest BCUT2D eigenvalue weighted by atomic mass is 16.1. The number of amides is 1. The van der Waals surface area contributed by atoms with Crippen LogP contribution >= 0.6 is 0 Å². The molecule has 0 bridgehead atoms. The van der Waals surface area contributed by atoms with Crippen LogP contribution in [0.2, 0.25) is 0 Å². The number of rotatable bonds is 9. The Morgan fingerprint density at radius 3 is 2.52 bits per heavy atom. The molecule has 0 saturated heterocycles. The smallest absolute Gasteiger partial charge is 0.221 e. The quantitative estimate of drug-likeness (QED) is 0.698. The average molecular weight is 310 g/mol. The van der Waals surface area contributed by atoms with Gasteiger partial charge in [0.15, 0.2) is 0 Å². The first-order chi connectivity index (χ1) is 11.2. The topological polar surface area (TPSA) is 41.1 Å². The predicted octanol–water partition coefficient (Wildman–Crippen LogP) is 3.22. The summed E-state index contributed by atoms with van der Waals surface area (Å²) in [5.41, 5.74) is 3.84. The highest BCUT2D eigenvalue weighted by molar-refractivity contribution is 5.75. The molecule has 0 aliphatic heterocycles. The lowest BCUT2D eigenvalue weighted by Crippen LogP contribution is -2.28. The number of benzene rings is 2. The van der Waals surface area contributed by atoms with E-state index in [1.165, 1.54) is 16.7 Å². The summed E-state index contributed by atoms with van der Waals surface area (Å²) in [6.07, 6.45) is 2.51. The van der Waals surface area contributed by atoms with E-state index >= 15 is 0 Å². The molecule has 2 N–H and O–H groups in total. The van der Waals surface area contributed by atoms with Crippen molar-refractivity contribution >= 4 is 5.91 Å². The second-order valence-electron chi connectivity index (χ2n) is 5.85. The number of hydrogen-bond donors (Lipinski definition) is 2. The minimum atomic E-state index is 0.120. The van der Waals surface area contributed by atoms with Crippen LogP contribution < -0.4 is 10.6 Å². The van der Waals surface area contributed by atoms with Crippen LogP contribution in [0.25, 0.3) is 0 Å². The van der Waals surface area contributed by atoms with Crippen LogP contribution in [0, 0.1) is 6.92 Å². The molecule has 2 rings (SSSR count). The Morgan fingerprint density at radius 1 is 0.957 bits per heavy atom. The van der Waals surface area contributed by atoms with Crippen LogP contribution in [0.15, 0.2) is 54.6 Å². The van der Waals surface area contributed by atoms with E-state index in [4.69, 9.17) is 0 Å². The van der Waals surface area contributed by atoms with Crippen molar-refractivity contribution in [3.63, 3.8) is 0 Å². The van der Waals surface area contributed by atoms with E-state index < -0.39 is 0 Å². The largest absolute Gasteiger partial charge is 0.356 e. The number of hydrogen-bond acceptors (Lipinski definition) is 2. The molecular weight excluding hydrogens is 284 g/mol. The summed E-state index contributed by atoms with van der Waals surface area (Å²) in [5.74, 6) is 0.120. The van der Waals surface area contributed by atoms with E-state index in [-0.39, 0.29) is 5.91 Å². The van der Waals surface area contributed by atoms with Gasteiger partial charge in [-0.2, -0.15) is 0 Å². The lowest BCUT2D eigenvalue weighted by Gasteiger charge is -2.07. The molecule has 1 amide bonds. The lowest BCUT2D eigenvalue weighted by atomic mass is 10.1. The van der Waals surface area contributed by atoms with Gasteiger partial charge in [0, 0.05) is 26.1 Å². The first-order valence-corrected chi connectivity index (χ1v) is 8.31. The molecule has 0 spiro atoms. The van der Waals surface area contributed by atoms with Crippen LogP contribution in [0.5, 0.6) is 0 Å². The number of aryl methyl sites for hydroxylation is 2. The van der Waals surface area contributed by atoms with Gasteiger partial charge in [-0.3, -0.25) is 4.79 Å². The monoisotopic (exact) mass is 310 g/mol. The molecule has 0 saturated carbocycles. The maximum Gasteiger partial charge on any atom is 0.221 e. The fourth-order valence-electron chi connectivity index (χ4n) is 2.51. The zero-order valence-electron chi connectivity index (χ0n) is 13.8. The van der Waals surface area contributed by atoms with Crippen molar-refractivity contribution in [3.8, 4) is 0 Å². The summed E-state index contributed by atoms with van der Waals surface area (Å²) < 4.78 is 0. The van der Waals surface area contributed by atoms with Gasteiger partial charge in [0.05, 0.1) is 0 Å². The first-order valence-electron chi connectivity index (χ1n) is 8.31. The number of carbonyl (C=O) groups is 1. The normalized spacial score (nSPS) is 10.5. The molecule has 0 unspecified atom stereocenters. The Labute approximate surface area is 139 Å². The summed E-state index contributed by atoms with van der Waals surface area (Å²) in [7, 11) is 0. The van der Waals surface area contributed by atoms with E-state index in [2.05, 4.69) is 54.0 Å². The third kappa shape index (κ3) is 7.11. The molecule has 23 heavy (non-hydrogen) atoms. The minimum absolute atomic E-state index is 0.120. The molecule has 0 aromatic heterocycles. The Balaban J connectivity index is 1.52. The van der Waals surface area contributed by atoms with Gasteiger partial charge in [0.2, 0.25) is 5.91 Å². The van der Waals surface area contributed by atoms with Crippen molar-refractivity contribution in [3.05, 3.63) is 71.3 Å². The van der Waals surface area contributed by atoms with E-state index in [0.29, 0.717) is 13.0 Å². The predicted molar refractivity (Wildman–Crippen MR) is 95.3 cm³/mol. The van der Waals surface area contributed by atoms with E-state index in [9.17, 15) is 4.79 Å². The molecular formula is C20H26N2O. The van der Waals surface area contributed by atoms with E-state index in [1.54, 1.807) is 0 Å². The Kier molecular flexibility index (Phi) is 7.34. The molecule has 2 aromatic carbocycles. The van der Waals surface area contributed by atoms with Gasteiger partial charge < -0.3 is 10.6 Å². The van der Waals surface area contributed by atoms with Crippen molar-refractivity contribution in [2.75, 3.05) is 13.1 Å². The highest BCUT2D eigenvalue weighted by Crippen LogP contribution is 2.03. The number of carbonyl (C=O) groups excluding carboxylic acids is 1. The van der Waals surface area contributed by atoms with Gasteiger partial charge in [0.1, 0.15) is 0 Å². The molecule has 3 nitrogen and oxygen atoms in total. The maximum atomic E-state index is 11.8. The van der Waals surface area contributed by atoms with E-state index in [0.717, 1.165) is 25.9 Å². The zero-order chi connectivity index (χ0) is 16.3. The summed E-state index contributed by atoms with van der Waals surface area (Å²) in [6.45, 7) is 4.35. The Bertz CT molecular complexity index is 596. The van der Waals surface area contributed by atoms with Crippen molar-refractivity contribution in [1.29, 1.82) is 0 Å². The van der Waals surface area contributed by atoms with Gasteiger partial charge in [0.25, 0.3) is 0 Å². The number of nitrogens with one attached hydrogen (secondary N) is 2.